The van der Waals surface area contributed by atoms with Gasteiger partial charge in [-0.05, 0) is 40.2 Å². The number of carbonyl (C=O) groups is 1. The van der Waals surface area contributed by atoms with Gasteiger partial charge in [-0.1, -0.05) is 6.92 Å². The Labute approximate surface area is 86.1 Å². The van der Waals surface area contributed by atoms with Crippen molar-refractivity contribution in [2.24, 2.45) is 11.7 Å². The molecule has 0 aromatic rings. The third-order valence-corrected chi connectivity index (χ3v) is 1.75. The van der Waals surface area contributed by atoms with Gasteiger partial charge in [0.1, 0.15) is 0 Å². The van der Waals surface area contributed by atoms with Crippen molar-refractivity contribution < 1.29 is 9.63 Å². The molecule has 0 aliphatic heterocycles. The zero-order valence-electron chi connectivity index (χ0n) is 9.59. The average Bonchev–Trinajstić information content (AvgIpc) is 2.09. The van der Waals surface area contributed by atoms with Crippen molar-refractivity contribution in [2.45, 2.75) is 46.1 Å². The number of hydroxylamine groups is 1. The standard InChI is InChI=1S/C10H22N2O2/c1-8(6-5-7-11)9(13)12-14-10(2,3)4/h8H,5-7,11H2,1-4H3,(H,12,13). The summed E-state index contributed by atoms with van der Waals surface area (Å²) in [4.78, 5) is 16.6. The smallest absolute Gasteiger partial charge is 0.246 e. The maximum Gasteiger partial charge on any atom is 0.246 e. The molecule has 0 fully saturated rings. The van der Waals surface area contributed by atoms with E-state index in [4.69, 9.17) is 10.6 Å². The van der Waals surface area contributed by atoms with Crippen molar-refractivity contribution >= 4 is 5.91 Å². The summed E-state index contributed by atoms with van der Waals surface area (Å²) in [7, 11) is 0. The summed E-state index contributed by atoms with van der Waals surface area (Å²) in [6.45, 7) is 8.16. The molecule has 0 radical (unpaired) electrons. The maximum absolute atomic E-state index is 11.4. The molecule has 1 amide bonds. The third kappa shape index (κ3) is 6.86. The van der Waals surface area contributed by atoms with E-state index in [0.717, 1.165) is 12.8 Å². The largest absolute Gasteiger partial charge is 0.330 e. The van der Waals surface area contributed by atoms with Crippen molar-refractivity contribution in [2.75, 3.05) is 6.54 Å². The van der Waals surface area contributed by atoms with Gasteiger partial charge in [-0.2, -0.15) is 0 Å². The van der Waals surface area contributed by atoms with Crippen LogP contribution in [0, 0.1) is 5.92 Å². The third-order valence-electron chi connectivity index (χ3n) is 1.75. The van der Waals surface area contributed by atoms with Gasteiger partial charge in [0.05, 0.1) is 5.60 Å². The highest BCUT2D eigenvalue weighted by molar-refractivity contribution is 5.77. The van der Waals surface area contributed by atoms with Crippen LogP contribution in [-0.2, 0) is 9.63 Å². The number of hydrogen-bond acceptors (Lipinski definition) is 3. The van der Waals surface area contributed by atoms with Gasteiger partial charge in [-0.3, -0.25) is 9.63 Å². The highest BCUT2D eigenvalue weighted by atomic mass is 16.7. The van der Waals surface area contributed by atoms with Crippen molar-refractivity contribution in [3.05, 3.63) is 0 Å². The first-order chi connectivity index (χ1) is 6.37. The highest BCUT2D eigenvalue weighted by Crippen LogP contribution is 2.07. The first kappa shape index (κ1) is 13.4. The summed E-state index contributed by atoms with van der Waals surface area (Å²) in [6.07, 6.45) is 1.67. The second kappa shape index (κ2) is 5.98. The number of rotatable bonds is 5. The summed E-state index contributed by atoms with van der Waals surface area (Å²) in [5, 5.41) is 0. The topological polar surface area (TPSA) is 64.4 Å². The Morgan fingerprint density at radius 3 is 2.50 bits per heavy atom. The number of nitrogens with one attached hydrogen (secondary N) is 1. The van der Waals surface area contributed by atoms with Crippen LogP contribution in [0.2, 0.25) is 0 Å². The normalized spacial score (nSPS) is 13.8. The van der Waals surface area contributed by atoms with Crippen molar-refractivity contribution in [1.29, 1.82) is 0 Å². The molecule has 0 aromatic carbocycles. The van der Waals surface area contributed by atoms with E-state index in [1.165, 1.54) is 0 Å². The molecule has 14 heavy (non-hydrogen) atoms. The highest BCUT2D eigenvalue weighted by Gasteiger charge is 2.16. The van der Waals surface area contributed by atoms with Crippen LogP contribution in [0.1, 0.15) is 40.5 Å². The van der Waals surface area contributed by atoms with E-state index < -0.39 is 0 Å². The van der Waals surface area contributed by atoms with Crippen LogP contribution in [0.25, 0.3) is 0 Å². The SMILES string of the molecule is CC(CCCN)C(=O)NOC(C)(C)C. The quantitative estimate of drug-likeness (QED) is 0.659. The van der Waals surface area contributed by atoms with E-state index in [1.54, 1.807) is 0 Å². The lowest BCUT2D eigenvalue weighted by atomic mass is 10.1. The predicted molar refractivity (Wildman–Crippen MR) is 56.4 cm³/mol. The van der Waals surface area contributed by atoms with Crippen LogP contribution in [0.3, 0.4) is 0 Å². The summed E-state index contributed by atoms with van der Waals surface area (Å²) in [5.41, 5.74) is 7.46. The Hall–Kier alpha value is -0.610. The minimum atomic E-state index is -0.344. The van der Waals surface area contributed by atoms with Gasteiger partial charge in [0.15, 0.2) is 0 Å². The second-order valence-electron chi connectivity index (χ2n) is 4.51. The number of carbonyl (C=O) groups excluding carboxylic acids is 1. The van der Waals surface area contributed by atoms with E-state index in [2.05, 4.69) is 5.48 Å². The van der Waals surface area contributed by atoms with Crippen LogP contribution in [0.15, 0.2) is 0 Å². The fraction of sp³-hybridized carbons (Fsp3) is 0.900. The van der Waals surface area contributed by atoms with Gasteiger partial charge >= 0.3 is 0 Å². The van der Waals surface area contributed by atoms with Gasteiger partial charge < -0.3 is 5.73 Å². The summed E-state index contributed by atoms with van der Waals surface area (Å²) < 4.78 is 0. The molecule has 84 valence electrons. The van der Waals surface area contributed by atoms with E-state index in [-0.39, 0.29) is 17.4 Å². The molecule has 4 nitrogen and oxygen atoms in total. The number of amides is 1. The molecule has 0 saturated heterocycles. The van der Waals surface area contributed by atoms with Crippen LogP contribution in [0.4, 0.5) is 0 Å². The molecule has 0 aliphatic rings. The molecule has 0 aromatic heterocycles. The lowest BCUT2D eigenvalue weighted by Gasteiger charge is -2.20. The minimum absolute atomic E-state index is 0.0408. The molecule has 0 saturated carbocycles. The molecular weight excluding hydrogens is 180 g/mol. The van der Waals surface area contributed by atoms with Crippen molar-refractivity contribution in [1.82, 2.24) is 5.48 Å². The first-order valence-corrected chi connectivity index (χ1v) is 5.04. The average molecular weight is 202 g/mol. The van der Waals surface area contributed by atoms with Crippen molar-refractivity contribution in [3.8, 4) is 0 Å². The lowest BCUT2D eigenvalue weighted by molar-refractivity contribution is -0.149. The van der Waals surface area contributed by atoms with Crippen molar-refractivity contribution in [3.63, 3.8) is 0 Å². The van der Waals surface area contributed by atoms with Gasteiger partial charge in [0, 0.05) is 5.92 Å². The number of nitrogens with two attached hydrogens (primary N) is 1. The fourth-order valence-electron chi connectivity index (χ4n) is 0.859. The molecular formula is C10H22N2O2. The Kier molecular flexibility index (Phi) is 5.72. The van der Waals surface area contributed by atoms with Gasteiger partial charge in [-0.25, -0.2) is 5.48 Å². The predicted octanol–water partition coefficient (Wildman–Crippen LogP) is 1.21. The molecule has 0 aliphatic carbocycles. The summed E-state index contributed by atoms with van der Waals surface area (Å²) in [6, 6.07) is 0. The van der Waals surface area contributed by atoms with Crippen LogP contribution < -0.4 is 11.2 Å². The zero-order valence-corrected chi connectivity index (χ0v) is 9.59. The molecule has 1 atom stereocenters. The second-order valence-corrected chi connectivity index (χ2v) is 4.51. The molecule has 4 heteroatoms. The minimum Gasteiger partial charge on any atom is -0.330 e. The van der Waals surface area contributed by atoms with E-state index >= 15 is 0 Å². The first-order valence-electron chi connectivity index (χ1n) is 5.04. The molecule has 0 rings (SSSR count). The summed E-state index contributed by atoms with van der Waals surface area (Å²) in [5.74, 6) is -0.116. The Balaban J connectivity index is 3.73. The molecule has 3 N–H and O–H groups in total. The molecule has 0 bridgehead atoms. The Bertz CT molecular complexity index is 175. The van der Waals surface area contributed by atoms with Crippen LogP contribution in [0.5, 0.6) is 0 Å². The van der Waals surface area contributed by atoms with E-state index in [0.29, 0.717) is 6.54 Å². The zero-order chi connectivity index (χ0) is 11.2. The van der Waals surface area contributed by atoms with Crippen LogP contribution >= 0.6 is 0 Å². The maximum atomic E-state index is 11.4. The van der Waals surface area contributed by atoms with Gasteiger partial charge in [0.2, 0.25) is 5.91 Å². The Morgan fingerprint density at radius 1 is 1.50 bits per heavy atom. The van der Waals surface area contributed by atoms with Crippen LogP contribution in [-0.4, -0.2) is 18.1 Å². The lowest BCUT2D eigenvalue weighted by Crippen LogP contribution is -2.36. The van der Waals surface area contributed by atoms with Gasteiger partial charge in [-0.15, -0.1) is 0 Å². The molecule has 1 unspecified atom stereocenters. The van der Waals surface area contributed by atoms with E-state index in [9.17, 15) is 4.79 Å². The molecule has 0 spiro atoms. The number of hydrogen-bond donors (Lipinski definition) is 2. The monoisotopic (exact) mass is 202 g/mol. The Morgan fingerprint density at radius 2 is 2.07 bits per heavy atom. The summed E-state index contributed by atoms with van der Waals surface area (Å²) >= 11 is 0. The fourth-order valence-corrected chi connectivity index (χ4v) is 0.859. The van der Waals surface area contributed by atoms with E-state index in [1.807, 2.05) is 27.7 Å². The van der Waals surface area contributed by atoms with Gasteiger partial charge in [0.25, 0.3) is 0 Å². The molecule has 0 heterocycles.